The van der Waals surface area contributed by atoms with E-state index in [1.165, 1.54) is 23.5 Å². The van der Waals surface area contributed by atoms with E-state index in [1.807, 2.05) is 29.0 Å². The van der Waals surface area contributed by atoms with Crippen molar-refractivity contribution in [2.24, 2.45) is 4.99 Å². The molecule has 1 aromatic heterocycles. The number of nitrogens with one attached hydrogen (secondary N) is 1. The van der Waals surface area contributed by atoms with E-state index in [-0.39, 0.29) is 17.6 Å². The Hall–Kier alpha value is -3.24. The maximum atomic E-state index is 13.0. The molecule has 2 aromatic carbocycles. The van der Waals surface area contributed by atoms with Gasteiger partial charge in [0.15, 0.2) is 4.80 Å². The van der Waals surface area contributed by atoms with Crippen molar-refractivity contribution >= 4 is 23.2 Å². The standard InChI is InChI=1S/C25H24F3N3O3S/c1-16-15-35-24(30-23(33)19-4-2-5-20(12-19)25(26,27)28)31(16)14-17-7-9-18(10-8-17)22(32)29-13-21-6-3-11-34-21/h2,4-5,7-10,12,15,21H,3,6,11,13-14H2,1H3,(H,29,32)/t21-/m0/s1. The summed E-state index contributed by atoms with van der Waals surface area (Å²) in [5.41, 5.74) is 1.24. The third-order valence-corrected chi connectivity index (χ3v) is 6.68. The number of hydrogen-bond acceptors (Lipinski definition) is 4. The van der Waals surface area contributed by atoms with Crippen molar-refractivity contribution in [2.75, 3.05) is 13.2 Å². The van der Waals surface area contributed by atoms with E-state index in [0.717, 1.165) is 42.8 Å². The predicted molar refractivity (Wildman–Crippen MR) is 125 cm³/mol. The fourth-order valence-corrected chi connectivity index (χ4v) is 4.61. The van der Waals surface area contributed by atoms with Gasteiger partial charge in [0, 0.05) is 35.4 Å². The van der Waals surface area contributed by atoms with Crippen molar-refractivity contribution < 1.29 is 27.5 Å². The Balaban J connectivity index is 1.47. The number of amides is 2. The van der Waals surface area contributed by atoms with Gasteiger partial charge in [0.25, 0.3) is 11.8 Å². The van der Waals surface area contributed by atoms with Crippen LogP contribution in [0, 0.1) is 6.92 Å². The van der Waals surface area contributed by atoms with Crippen LogP contribution in [-0.4, -0.2) is 35.6 Å². The molecule has 0 unspecified atom stereocenters. The van der Waals surface area contributed by atoms with Gasteiger partial charge >= 0.3 is 6.18 Å². The van der Waals surface area contributed by atoms with Gasteiger partial charge in [-0.25, -0.2) is 0 Å². The minimum Gasteiger partial charge on any atom is -0.376 e. The zero-order valence-electron chi connectivity index (χ0n) is 19.0. The Bertz CT molecular complexity index is 1270. The monoisotopic (exact) mass is 503 g/mol. The van der Waals surface area contributed by atoms with E-state index in [1.54, 1.807) is 12.1 Å². The predicted octanol–water partition coefficient (Wildman–Crippen LogP) is 4.58. The molecule has 184 valence electrons. The number of aromatic nitrogens is 1. The Morgan fingerprint density at radius 1 is 1.17 bits per heavy atom. The van der Waals surface area contributed by atoms with Crippen molar-refractivity contribution in [3.8, 4) is 0 Å². The number of carbonyl (C=O) groups excluding carboxylic acids is 2. The zero-order chi connectivity index (χ0) is 25.0. The van der Waals surface area contributed by atoms with Crippen molar-refractivity contribution in [3.63, 3.8) is 0 Å². The lowest BCUT2D eigenvalue weighted by Gasteiger charge is -2.11. The van der Waals surface area contributed by atoms with Crippen molar-refractivity contribution in [1.29, 1.82) is 0 Å². The maximum Gasteiger partial charge on any atom is 0.416 e. The minimum absolute atomic E-state index is 0.0667. The molecule has 0 aliphatic carbocycles. The number of benzene rings is 2. The summed E-state index contributed by atoms with van der Waals surface area (Å²) in [7, 11) is 0. The van der Waals surface area contributed by atoms with Gasteiger partial charge in [-0.1, -0.05) is 18.2 Å². The van der Waals surface area contributed by atoms with Crippen LogP contribution in [0.25, 0.3) is 0 Å². The Morgan fingerprint density at radius 2 is 1.94 bits per heavy atom. The number of nitrogens with zero attached hydrogens (tertiary/aromatic N) is 2. The Kier molecular flexibility index (Phi) is 7.51. The highest BCUT2D eigenvalue weighted by Crippen LogP contribution is 2.29. The second-order valence-electron chi connectivity index (χ2n) is 8.28. The van der Waals surface area contributed by atoms with E-state index in [4.69, 9.17) is 4.74 Å². The molecule has 1 N–H and O–H groups in total. The first kappa shape index (κ1) is 24.9. The van der Waals surface area contributed by atoms with Crippen LogP contribution in [0.4, 0.5) is 13.2 Å². The molecule has 6 nitrogen and oxygen atoms in total. The van der Waals surface area contributed by atoms with Crippen molar-refractivity contribution in [1.82, 2.24) is 9.88 Å². The molecule has 0 radical (unpaired) electrons. The van der Waals surface area contributed by atoms with Gasteiger partial charge in [0.1, 0.15) is 0 Å². The molecule has 1 fully saturated rings. The average molecular weight is 504 g/mol. The molecule has 0 saturated carbocycles. The third-order valence-electron chi connectivity index (χ3n) is 5.70. The van der Waals surface area contributed by atoms with Crippen LogP contribution in [0.15, 0.2) is 58.9 Å². The van der Waals surface area contributed by atoms with Gasteiger partial charge in [-0.2, -0.15) is 18.2 Å². The van der Waals surface area contributed by atoms with Crippen LogP contribution in [0.5, 0.6) is 0 Å². The van der Waals surface area contributed by atoms with Crippen LogP contribution in [0.1, 0.15) is 50.4 Å². The molecule has 4 rings (SSSR count). The summed E-state index contributed by atoms with van der Waals surface area (Å²) in [6.45, 7) is 3.46. The molecule has 35 heavy (non-hydrogen) atoms. The summed E-state index contributed by atoms with van der Waals surface area (Å²) in [4.78, 5) is 29.4. The quantitative estimate of drug-likeness (QED) is 0.536. The number of thiazole rings is 1. The molecule has 1 aliphatic heterocycles. The largest absolute Gasteiger partial charge is 0.416 e. The summed E-state index contributed by atoms with van der Waals surface area (Å²) in [6.07, 6.45) is -2.52. The van der Waals surface area contributed by atoms with Crippen LogP contribution < -0.4 is 10.1 Å². The lowest BCUT2D eigenvalue weighted by molar-refractivity contribution is -0.137. The van der Waals surface area contributed by atoms with Gasteiger partial charge < -0.3 is 14.6 Å². The van der Waals surface area contributed by atoms with Gasteiger partial charge in [-0.05, 0) is 55.7 Å². The molecule has 0 spiro atoms. The number of carbonyl (C=O) groups is 2. The average Bonchev–Trinajstić information content (AvgIpc) is 3.48. The smallest absolute Gasteiger partial charge is 0.376 e. The normalized spacial score (nSPS) is 16.5. The number of alkyl halides is 3. The highest BCUT2D eigenvalue weighted by Gasteiger charge is 2.30. The highest BCUT2D eigenvalue weighted by atomic mass is 32.1. The first-order valence-electron chi connectivity index (χ1n) is 11.1. The molecular weight excluding hydrogens is 479 g/mol. The number of rotatable bonds is 6. The van der Waals surface area contributed by atoms with Gasteiger partial charge in [0.2, 0.25) is 0 Å². The minimum atomic E-state index is -4.54. The maximum absolute atomic E-state index is 13.0. The number of halogens is 3. The number of aryl methyl sites for hydroxylation is 1. The molecule has 2 heterocycles. The Morgan fingerprint density at radius 3 is 2.63 bits per heavy atom. The summed E-state index contributed by atoms with van der Waals surface area (Å²) >= 11 is 1.23. The van der Waals surface area contributed by atoms with E-state index in [0.29, 0.717) is 23.5 Å². The second-order valence-corrected chi connectivity index (χ2v) is 9.12. The van der Waals surface area contributed by atoms with Crippen LogP contribution in [-0.2, 0) is 17.5 Å². The molecule has 1 atom stereocenters. The van der Waals surface area contributed by atoms with Crippen LogP contribution in [0.2, 0.25) is 0 Å². The van der Waals surface area contributed by atoms with E-state index in [9.17, 15) is 22.8 Å². The molecule has 2 amide bonds. The molecule has 10 heteroatoms. The zero-order valence-corrected chi connectivity index (χ0v) is 19.8. The molecule has 0 bridgehead atoms. The van der Waals surface area contributed by atoms with Crippen molar-refractivity contribution in [2.45, 2.75) is 38.6 Å². The van der Waals surface area contributed by atoms with Crippen molar-refractivity contribution in [3.05, 3.63) is 86.7 Å². The molecular formula is C25H24F3N3O3S. The summed E-state index contributed by atoms with van der Waals surface area (Å²) in [6, 6.07) is 11.3. The van der Waals surface area contributed by atoms with E-state index in [2.05, 4.69) is 10.3 Å². The summed E-state index contributed by atoms with van der Waals surface area (Å²) in [5.74, 6) is -0.918. The molecule has 1 aliphatic rings. The lowest BCUT2D eigenvalue weighted by Crippen LogP contribution is -2.31. The molecule has 1 saturated heterocycles. The van der Waals surface area contributed by atoms with E-state index < -0.39 is 17.6 Å². The molecule has 3 aromatic rings. The Labute approximate surface area is 204 Å². The lowest BCUT2D eigenvalue weighted by atomic mass is 10.1. The van der Waals surface area contributed by atoms with E-state index >= 15 is 0 Å². The van der Waals surface area contributed by atoms with Crippen LogP contribution >= 0.6 is 11.3 Å². The SMILES string of the molecule is Cc1csc(=NC(=O)c2cccc(C(F)(F)F)c2)n1Cc1ccc(C(=O)NC[C@@H]2CCCO2)cc1. The summed E-state index contributed by atoms with van der Waals surface area (Å²) in [5, 5.41) is 4.71. The topological polar surface area (TPSA) is 72.7 Å². The second kappa shape index (κ2) is 10.6. The first-order valence-corrected chi connectivity index (χ1v) is 12.0. The van der Waals surface area contributed by atoms with Gasteiger partial charge in [0.05, 0.1) is 18.2 Å². The van der Waals surface area contributed by atoms with Gasteiger partial charge in [-0.15, -0.1) is 11.3 Å². The first-order chi connectivity index (χ1) is 16.7. The number of ether oxygens (including phenoxy) is 1. The fraction of sp³-hybridized carbons (Fsp3) is 0.320. The highest BCUT2D eigenvalue weighted by molar-refractivity contribution is 7.07. The number of hydrogen-bond donors (Lipinski definition) is 1. The van der Waals surface area contributed by atoms with Crippen LogP contribution in [0.3, 0.4) is 0 Å². The fourth-order valence-electron chi connectivity index (χ4n) is 3.73. The third kappa shape index (κ3) is 6.26. The summed E-state index contributed by atoms with van der Waals surface area (Å²) < 4.78 is 46.3. The van der Waals surface area contributed by atoms with Gasteiger partial charge in [-0.3, -0.25) is 9.59 Å².